The summed E-state index contributed by atoms with van der Waals surface area (Å²) in [4.78, 5) is 22.8. The molecule has 1 N–H and O–H groups in total. The third kappa shape index (κ3) is 4.88. The molecule has 0 aliphatic heterocycles. The fourth-order valence-electron chi connectivity index (χ4n) is 2.75. The molecule has 2 aromatic carbocycles. The lowest BCUT2D eigenvalue weighted by atomic mass is 10.1. The van der Waals surface area contributed by atoms with Gasteiger partial charge in [-0.25, -0.2) is 14.4 Å². The molecule has 0 radical (unpaired) electrons. The van der Waals surface area contributed by atoms with Gasteiger partial charge in [-0.1, -0.05) is 30.3 Å². The molecule has 6 heteroatoms. The number of amides is 1. The van der Waals surface area contributed by atoms with Gasteiger partial charge in [-0.2, -0.15) is 0 Å². The zero-order valence-corrected chi connectivity index (χ0v) is 15.1. The van der Waals surface area contributed by atoms with E-state index in [9.17, 15) is 9.18 Å². The van der Waals surface area contributed by atoms with Gasteiger partial charge in [0.05, 0.1) is 0 Å². The Kier molecular flexibility index (Phi) is 6.10. The molecule has 1 aromatic heterocycles. The number of para-hydroxylation sites is 1. The maximum Gasteiger partial charge on any atom is 0.277 e. The standard InChI is InChI=1S/C21H21FN4O/c1-2-26(18-6-4-3-5-7-18)21(27)19-14-20(25-15-24-19)23-13-12-16-8-10-17(22)11-9-16/h3-11,14-15H,2,12-13H2,1H3,(H,23,24,25). The zero-order chi connectivity index (χ0) is 19.1. The number of hydrogen-bond donors (Lipinski definition) is 1. The first kappa shape index (κ1) is 18.5. The topological polar surface area (TPSA) is 58.1 Å². The maximum atomic E-state index is 12.9. The Hall–Kier alpha value is -3.28. The minimum atomic E-state index is -0.246. The first-order chi connectivity index (χ1) is 13.2. The van der Waals surface area contributed by atoms with Crippen LogP contribution in [0.2, 0.25) is 0 Å². The number of nitrogens with zero attached hydrogens (tertiary/aromatic N) is 3. The lowest BCUT2D eigenvalue weighted by Gasteiger charge is -2.20. The number of benzene rings is 2. The van der Waals surface area contributed by atoms with Gasteiger partial charge >= 0.3 is 0 Å². The fourth-order valence-corrected chi connectivity index (χ4v) is 2.75. The van der Waals surface area contributed by atoms with Crippen LogP contribution in [0.25, 0.3) is 0 Å². The van der Waals surface area contributed by atoms with E-state index in [2.05, 4.69) is 15.3 Å². The molecule has 0 spiro atoms. The Morgan fingerprint density at radius 3 is 2.52 bits per heavy atom. The quantitative estimate of drug-likeness (QED) is 0.690. The van der Waals surface area contributed by atoms with Gasteiger partial charge in [-0.15, -0.1) is 0 Å². The van der Waals surface area contributed by atoms with E-state index in [1.165, 1.54) is 18.5 Å². The molecule has 138 valence electrons. The lowest BCUT2D eigenvalue weighted by molar-refractivity contribution is 0.0983. The van der Waals surface area contributed by atoms with Crippen LogP contribution in [0.1, 0.15) is 23.0 Å². The molecule has 0 aliphatic carbocycles. The predicted molar refractivity (Wildman–Crippen MR) is 104 cm³/mol. The van der Waals surface area contributed by atoms with Crippen LogP contribution in [0.4, 0.5) is 15.9 Å². The van der Waals surface area contributed by atoms with Gasteiger partial charge in [0.2, 0.25) is 0 Å². The van der Waals surface area contributed by atoms with Crippen LogP contribution in [0.5, 0.6) is 0 Å². The summed E-state index contributed by atoms with van der Waals surface area (Å²) in [6.07, 6.45) is 2.10. The summed E-state index contributed by atoms with van der Waals surface area (Å²) in [5.41, 5.74) is 2.19. The van der Waals surface area contributed by atoms with E-state index in [0.29, 0.717) is 24.6 Å². The van der Waals surface area contributed by atoms with Crippen molar-refractivity contribution in [1.82, 2.24) is 9.97 Å². The van der Waals surface area contributed by atoms with Gasteiger partial charge in [-0.05, 0) is 43.2 Å². The molecule has 0 saturated carbocycles. The largest absolute Gasteiger partial charge is 0.370 e. The second kappa shape index (κ2) is 8.89. The average molecular weight is 364 g/mol. The van der Waals surface area contributed by atoms with Gasteiger partial charge in [0.25, 0.3) is 5.91 Å². The molecule has 3 rings (SSSR count). The van der Waals surface area contributed by atoms with Crippen LogP contribution in [0.15, 0.2) is 67.0 Å². The third-order valence-electron chi connectivity index (χ3n) is 4.15. The van der Waals surface area contributed by atoms with Crippen molar-refractivity contribution in [2.24, 2.45) is 0 Å². The van der Waals surface area contributed by atoms with Gasteiger partial charge in [0, 0.05) is 24.8 Å². The number of nitrogens with one attached hydrogen (secondary N) is 1. The van der Waals surface area contributed by atoms with Crippen molar-refractivity contribution < 1.29 is 9.18 Å². The zero-order valence-electron chi connectivity index (χ0n) is 15.1. The van der Waals surface area contributed by atoms with Gasteiger partial charge in [0.1, 0.15) is 23.7 Å². The van der Waals surface area contributed by atoms with Crippen molar-refractivity contribution in [3.05, 3.63) is 84.1 Å². The number of aromatic nitrogens is 2. The van der Waals surface area contributed by atoms with E-state index in [1.54, 1.807) is 23.1 Å². The van der Waals surface area contributed by atoms with Crippen molar-refractivity contribution in [2.45, 2.75) is 13.3 Å². The predicted octanol–water partition coefficient (Wildman–Crippen LogP) is 3.94. The number of hydrogen-bond acceptors (Lipinski definition) is 4. The van der Waals surface area contributed by atoms with Crippen LogP contribution < -0.4 is 10.2 Å². The Bertz CT molecular complexity index is 884. The van der Waals surface area contributed by atoms with E-state index < -0.39 is 0 Å². The van der Waals surface area contributed by atoms with Gasteiger partial charge in [-0.3, -0.25) is 4.79 Å². The minimum absolute atomic E-state index is 0.173. The molecular weight excluding hydrogens is 343 g/mol. The van der Waals surface area contributed by atoms with Crippen LogP contribution >= 0.6 is 0 Å². The van der Waals surface area contributed by atoms with Crippen molar-refractivity contribution >= 4 is 17.4 Å². The summed E-state index contributed by atoms with van der Waals surface area (Å²) in [5, 5.41) is 3.18. The molecule has 5 nitrogen and oxygen atoms in total. The maximum absolute atomic E-state index is 12.9. The van der Waals surface area contributed by atoms with Gasteiger partial charge in [0.15, 0.2) is 0 Å². The van der Waals surface area contributed by atoms with E-state index in [1.807, 2.05) is 37.3 Å². The molecule has 0 atom stereocenters. The number of anilines is 2. The average Bonchev–Trinajstić information content (AvgIpc) is 2.71. The summed E-state index contributed by atoms with van der Waals surface area (Å²) in [7, 11) is 0. The number of carbonyl (C=O) groups excluding carboxylic acids is 1. The normalized spacial score (nSPS) is 10.4. The van der Waals surface area contributed by atoms with Crippen LogP contribution in [0.3, 0.4) is 0 Å². The SMILES string of the molecule is CCN(C(=O)c1cc(NCCc2ccc(F)cc2)ncn1)c1ccccc1. The fraction of sp³-hybridized carbons (Fsp3) is 0.190. The molecule has 3 aromatic rings. The molecule has 0 unspecified atom stereocenters. The summed E-state index contributed by atoms with van der Waals surface area (Å²) in [5.74, 6) is 0.164. The van der Waals surface area contributed by atoms with Crippen LogP contribution in [-0.2, 0) is 6.42 Å². The molecule has 27 heavy (non-hydrogen) atoms. The van der Waals surface area contributed by atoms with E-state index in [-0.39, 0.29) is 11.7 Å². The highest BCUT2D eigenvalue weighted by Gasteiger charge is 2.17. The Morgan fingerprint density at radius 2 is 1.81 bits per heavy atom. The van der Waals surface area contributed by atoms with Crippen molar-refractivity contribution in [3.8, 4) is 0 Å². The highest BCUT2D eigenvalue weighted by Crippen LogP contribution is 2.16. The van der Waals surface area contributed by atoms with E-state index >= 15 is 0 Å². The summed E-state index contributed by atoms with van der Waals surface area (Å²) < 4.78 is 12.9. The molecule has 0 fully saturated rings. The lowest BCUT2D eigenvalue weighted by Crippen LogP contribution is -2.31. The molecule has 0 saturated heterocycles. The number of carbonyl (C=O) groups is 1. The third-order valence-corrected chi connectivity index (χ3v) is 4.15. The summed E-state index contributed by atoms with van der Waals surface area (Å²) in [6, 6.07) is 17.5. The first-order valence-corrected chi connectivity index (χ1v) is 8.84. The molecule has 1 heterocycles. The summed E-state index contributed by atoms with van der Waals surface area (Å²) >= 11 is 0. The van der Waals surface area contributed by atoms with Crippen molar-refractivity contribution in [3.63, 3.8) is 0 Å². The Labute approximate surface area is 157 Å². The second-order valence-electron chi connectivity index (χ2n) is 5.98. The monoisotopic (exact) mass is 364 g/mol. The van der Waals surface area contributed by atoms with Crippen LogP contribution in [0, 0.1) is 5.82 Å². The number of halogens is 1. The van der Waals surface area contributed by atoms with Crippen LogP contribution in [-0.4, -0.2) is 29.0 Å². The molecule has 0 aliphatic rings. The molecule has 1 amide bonds. The van der Waals surface area contributed by atoms with Crippen molar-refractivity contribution in [1.29, 1.82) is 0 Å². The second-order valence-corrected chi connectivity index (χ2v) is 5.98. The number of rotatable bonds is 7. The van der Waals surface area contributed by atoms with Crippen molar-refractivity contribution in [2.75, 3.05) is 23.3 Å². The smallest absolute Gasteiger partial charge is 0.277 e. The molecular formula is C21H21FN4O. The molecule has 0 bridgehead atoms. The van der Waals surface area contributed by atoms with Gasteiger partial charge < -0.3 is 10.2 Å². The highest BCUT2D eigenvalue weighted by atomic mass is 19.1. The minimum Gasteiger partial charge on any atom is -0.370 e. The van der Waals surface area contributed by atoms with E-state index in [4.69, 9.17) is 0 Å². The Morgan fingerprint density at radius 1 is 1.07 bits per heavy atom. The highest BCUT2D eigenvalue weighted by molar-refractivity contribution is 6.05. The Balaban J connectivity index is 1.65. The van der Waals surface area contributed by atoms with E-state index in [0.717, 1.165) is 17.7 Å². The first-order valence-electron chi connectivity index (χ1n) is 8.84. The summed E-state index contributed by atoms with van der Waals surface area (Å²) in [6.45, 7) is 3.08.